The topological polar surface area (TPSA) is 57.2 Å². The molecule has 0 radical (unpaired) electrons. The Morgan fingerprint density at radius 1 is 1.09 bits per heavy atom. The minimum absolute atomic E-state index is 0.128. The summed E-state index contributed by atoms with van der Waals surface area (Å²) in [6.07, 6.45) is 5.73. The van der Waals surface area contributed by atoms with E-state index in [1.165, 1.54) is 6.42 Å². The Morgan fingerprint density at radius 3 is 2.70 bits per heavy atom. The van der Waals surface area contributed by atoms with Gasteiger partial charge in [-0.25, -0.2) is 9.78 Å². The molecule has 4 saturated heterocycles. The lowest BCUT2D eigenvalue weighted by atomic mass is 9.57. The highest BCUT2D eigenvalue weighted by molar-refractivity contribution is 5.09. The lowest BCUT2D eigenvalue weighted by Gasteiger charge is -2.60. The number of hydrogen-bond acceptors (Lipinski definition) is 5. The first-order chi connectivity index (χ1) is 11.0. The maximum Gasteiger partial charge on any atom is 0.201 e. The number of rotatable bonds is 3. The fourth-order valence-corrected chi connectivity index (χ4v) is 5.60. The maximum absolute atomic E-state index is 9.19. The van der Waals surface area contributed by atoms with E-state index in [2.05, 4.69) is 13.8 Å². The first-order valence-electron chi connectivity index (χ1n) is 9.31. The van der Waals surface area contributed by atoms with E-state index in [0.29, 0.717) is 23.7 Å². The third-order valence-electron chi connectivity index (χ3n) is 6.94. The molecule has 1 aliphatic carbocycles. The molecule has 5 rings (SSSR count). The van der Waals surface area contributed by atoms with Gasteiger partial charge in [0.1, 0.15) is 0 Å². The lowest BCUT2D eigenvalue weighted by molar-refractivity contribution is -0.571. The van der Waals surface area contributed by atoms with Crippen LogP contribution in [0, 0.1) is 23.7 Å². The summed E-state index contributed by atoms with van der Waals surface area (Å²) in [5.41, 5.74) is -0.456. The molecular weight excluding hydrogens is 296 g/mol. The molecule has 0 amide bonds. The van der Waals surface area contributed by atoms with Crippen LogP contribution in [-0.4, -0.2) is 35.5 Å². The molecule has 1 saturated carbocycles. The second-order valence-corrected chi connectivity index (χ2v) is 8.31. The van der Waals surface area contributed by atoms with Crippen molar-refractivity contribution in [1.82, 2.24) is 0 Å². The third kappa shape index (κ3) is 2.31. The van der Waals surface area contributed by atoms with Gasteiger partial charge < -0.3 is 14.6 Å². The van der Waals surface area contributed by atoms with Crippen molar-refractivity contribution in [1.29, 1.82) is 0 Å². The van der Waals surface area contributed by atoms with Crippen molar-refractivity contribution >= 4 is 0 Å². The average molecular weight is 326 g/mol. The smallest absolute Gasteiger partial charge is 0.201 e. The molecular formula is C18H30O5. The van der Waals surface area contributed by atoms with Crippen molar-refractivity contribution in [3.05, 3.63) is 0 Å². The van der Waals surface area contributed by atoms with Gasteiger partial charge >= 0.3 is 0 Å². The van der Waals surface area contributed by atoms with Crippen molar-refractivity contribution in [2.75, 3.05) is 6.61 Å². The fraction of sp³-hybridized carbons (Fsp3) is 1.00. The summed E-state index contributed by atoms with van der Waals surface area (Å²) < 4.78 is 12.7. The maximum atomic E-state index is 9.19. The highest BCUT2D eigenvalue weighted by atomic mass is 17.3. The largest absolute Gasteiger partial charge is 0.396 e. The van der Waals surface area contributed by atoms with Gasteiger partial charge in [-0.1, -0.05) is 13.8 Å². The normalized spacial score (nSPS) is 55.3. The molecule has 5 aliphatic rings. The van der Waals surface area contributed by atoms with Crippen LogP contribution in [0.5, 0.6) is 0 Å². The fourth-order valence-electron chi connectivity index (χ4n) is 5.60. The summed E-state index contributed by atoms with van der Waals surface area (Å²) in [5.74, 6) is 1.12. The first kappa shape index (κ1) is 16.3. The molecule has 5 nitrogen and oxygen atoms in total. The molecule has 0 aromatic rings. The van der Waals surface area contributed by atoms with E-state index in [0.717, 1.165) is 32.1 Å². The number of ether oxygens (including phenoxy) is 2. The van der Waals surface area contributed by atoms with Crippen molar-refractivity contribution in [2.45, 2.75) is 83.1 Å². The van der Waals surface area contributed by atoms with Crippen LogP contribution in [0.1, 0.15) is 59.3 Å². The Bertz CT molecular complexity index is 457. The first-order valence-corrected chi connectivity index (χ1v) is 9.31. The van der Waals surface area contributed by atoms with Gasteiger partial charge in [0.25, 0.3) is 0 Å². The van der Waals surface area contributed by atoms with Crippen LogP contribution >= 0.6 is 0 Å². The Kier molecular flexibility index (Phi) is 4.01. The second kappa shape index (κ2) is 5.67. The van der Waals surface area contributed by atoms with Crippen LogP contribution in [-0.2, 0) is 19.2 Å². The minimum atomic E-state index is -0.695. The predicted octanol–water partition coefficient (Wildman–Crippen LogP) is 3.01. The van der Waals surface area contributed by atoms with Crippen LogP contribution < -0.4 is 0 Å². The number of hydrogen-bond donors (Lipinski definition) is 1. The number of aliphatic hydroxyl groups is 1. The molecule has 8 atom stereocenters. The van der Waals surface area contributed by atoms with E-state index < -0.39 is 11.4 Å². The summed E-state index contributed by atoms with van der Waals surface area (Å²) >= 11 is 0. The van der Waals surface area contributed by atoms with Crippen molar-refractivity contribution in [2.24, 2.45) is 23.7 Å². The van der Waals surface area contributed by atoms with Gasteiger partial charge in [-0.2, -0.15) is 0 Å². The molecule has 4 heterocycles. The van der Waals surface area contributed by atoms with E-state index in [1.807, 2.05) is 6.92 Å². The number of aliphatic hydroxyl groups excluding tert-OH is 1. The van der Waals surface area contributed by atoms with Gasteiger partial charge in [0.2, 0.25) is 5.79 Å². The minimum Gasteiger partial charge on any atom is -0.396 e. The van der Waals surface area contributed by atoms with E-state index in [4.69, 9.17) is 19.2 Å². The van der Waals surface area contributed by atoms with Gasteiger partial charge in [-0.15, -0.1) is 0 Å². The number of fused-ring (bicyclic) bond motifs is 2. The van der Waals surface area contributed by atoms with E-state index in [1.54, 1.807) is 0 Å². The molecule has 5 heteroatoms. The van der Waals surface area contributed by atoms with Gasteiger partial charge in [0.05, 0.1) is 6.10 Å². The van der Waals surface area contributed by atoms with Crippen molar-refractivity contribution in [3.8, 4) is 0 Å². The molecule has 0 unspecified atom stereocenters. The zero-order chi connectivity index (χ0) is 16.2. The summed E-state index contributed by atoms with van der Waals surface area (Å²) in [6.45, 7) is 6.78. The Balaban J connectivity index is 1.70. The van der Waals surface area contributed by atoms with Crippen LogP contribution in [0.4, 0.5) is 0 Å². The molecule has 0 aromatic carbocycles. The van der Waals surface area contributed by atoms with Crippen LogP contribution in [0.15, 0.2) is 0 Å². The zero-order valence-corrected chi connectivity index (χ0v) is 14.5. The third-order valence-corrected chi connectivity index (χ3v) is 6.94. The highest BCUT2D eigenvalue weighted by Gasteiger charge is 2.69. The van der Waals surface area contributed by atoms with Gasteiger partial charge in [0, 0.05) is 18.9 Å². The van der Waals surface area contributed by atoms with Crippen molar-refractivity contribution < 1.29 is 24.4 Å². The molecule has 1 spiro atoms. The molecule has 1 N–H and O–H groups in total. The Morgan fingerprint density at radius 2 is 1.91 bits per heavy atom. The van der Waals surface area contributed by atoms with Crippen LogP contribution in [0.3, 0.4) is 0 Å². The summed E-state index contributed by atoms with van der Waals surface area (Å²) in [7, 11) is 0. The van der Waals surface area contributed by atoms with E-state index in [9.17, 15) is 5.11 Å². The monoisotopic (exact) mass is 326 g/mol. The standard InChI is InChI=1S/C18H30O5/c1-11-6-7-14-12(2)15(5-4-10-19)20-16-18(14)13(11)8-9-17(3,21-16)22-23-18/h11-16,19H,4-10H2,1-3H3/t11-,12-,13+,14+,15-,16-,17+,18-/m1/s1. The van der Waals surface area contributed by atoms with E-state index in [-0.39, 0.29) is 19.0 Å². The Labute approximate surface area is 138 Å². The second-order valence-electron chi connectivity index (χ2n) is 8.31. The lowest BCUT2D eigenvalue weighted by Crippen LogP contribution is -2.70. The van der Waals surface area contributed by atoms with Crippen LogP contribution in [0.25, 0.3) is 0 Å². The highest BCUT2D eigenvalue weighted by Crippen LogP contribution is 2.60. The SMILES string of the molecule is C[C@H]1[C@@H](CCCO)O[C@@H]2O[C@]3(C)CC[C@H]4[C@H](C)CC[C@@H]1[C@@]24OO3. The van der Waals surface area contributed by atoms with Crippen LogP contribution in [0.2, 0.25) is 0 Å². The van der Waals surface area contributed by atoms with Gasteiger partial charge in [-0.3, -0.25) is 0 Å². The van der Waals surface area contributed by atoms with Gasteiger partial charge in [-0.05, 0) is 56.8 Å². The molecule has 2 bridgehead atoms. The summed E-state index contributed by atoms with van der Waals surface area (Å²) in [4.78, 5) is 11.9. The molecule has 5 fully saturated rings. The van der Waals surface area contributed by atoms with Gasteiger partial charge in [0.15, 0.2) is 11.9 Å². The zero-order valence-electron chi connectivity index (χ0n) is 14.5. The molecule has 0 aromatic heterocycles. The van der Waals surface area contributed by atoms with E-state index >= 15 is 0 Å². The molecule has 132 valence electrons. The molecule has 4 aliphatic heterocycles. The summed E-state index contributed by atoms with van der Waals surface area (Å²) in [6, 6.07) is 0. The Hall–Kier alpha value is -0.200. The predicted molar refractivity (Wildman–Crippen MR) is 83.1 cm³/mol. The quantitative estimate of drug-likeness (QED) is 0.808. The average Bonchev–Trinajstić information content (AvgIpc) is 2.76. The molecule has 23 heavy (non-hydrogen) atoms. The summed E-state index contributed by atoms with van der Waals surface area (Å²) in [5, 5.41) is 9.19. The van der Waals surface area contributed by atoms with Crippen molar-refractivity contribution in [3.63, 3.8) is 0 Å².